The Balaban J connectivity index is 2.18. The molecule has 3 aliphatic carbocycles. The van der Waals surface area contributed by atoms with Crippen molar-refractivity contribution < 1.29 is 10.2 Å². The molecule has 0 saturated carbocycles. The summed E-state index contributed by atoms with van der Waals surface area (Å²) in [6.07, 6.45) is 4.31. The van der Waals surface area contributed by atoms with Gasteiger partial charge in [0.2, 0.25) is 0 Å². The molecule has 1 aromatic carbocycles. The van der Waals surface area contributed by atoms with Crippen LogP contribution < -0.4 is 0 Å². The van der Waals surface area contributed by atoms with Crippen LogP contribution in [0.1, 0.15) is 23.5 Å². The van der Waals surface area contributed by atoms with Crippen LogP contribution in [0.15, 0.2) is 36.4 Å². The minimum absolute atomic E-state index is 0.263. The zero-order chi connectivity index (χ0) is 10.5. The van der Waals surface area contributed by atoms with Crippen molar-refractivity contribution in [2.45, 2.75) is 30.5 Å². The summed E-state index contributed by atoms with van der Waals surface area (Å²) in [5.74, 6) is 0.263. The highest BCUT2D eigenvalue weighted by molar-refractivity contribution is 5.40. The highest BCUT2D eigenvalue weighted by Crippen LogP contribution is 2.40. The Bertz CT molecular complexity index is 424. The molecule has 1 aromatic rings. The molecule has 2 heteroatoms. The Kier molecular flexibility index (Phi) is 1.79. The van der Waals surface area contributed by atoms with Gasteiger partial charge in [-0.05, 0) is 17.5 Å². The van der Waals surface area contributed by atoms with E-state index in [0.717, 1.165) is 5.56 Å². The molecule has 78 valence electrons. The second-order valence-electron chi connectivity index (χ2n) is 4.58. The quantitative estimate of drug-likeness (QED) is 0.624. The molecule has 0 saturated heterocycles. The molecule has 0 amide bonds. The first kappa shape index (κ1) is 9.13. The molecule has 15 heavy (non-hydrogen) atoms. The number of aliphatic hydroxyl groups excluding tert-OH is 1. The van der Waals surface area contributed by atoms with Gasteiger partial charge in [0.05, 0.1) is 6.10 Å². The maximum atomic E-state index is 10.3. The fraction of sp³-hybridized carbons (Fsp3) is 0.385. The van der Waals surface area contributed by atoms with E-state index in [2.05, 4.69) is 6.07 Å². The van der Waals surface area contributed by atoms with Crippen LogP contribution in [0, 0.1) is 0 Å². The summed E-state index contributed by atoms with van der Waals surface area (Å²) in [6, 6.07) is 8.13. The molecule has 0 spiro atoms. The SMILES string of the molecule is OC1C[C@@H]2C=C[C@@]1(O)Cc1ccccc12. The Hall–Kier alpha value is -1.12. The third kappa shape index (κ3) is 1.25. The number of hydrogen-bond acceptors (Lipinski definition) is 2. The third-order valence-electron chi connectivity index (χ3n) is 3.60. The fourth-order valence-corrected chi connectivity index (χ4v) is 2.69. The van der Waals surface area contributed by atoms with Crippen LogP contribution in [-0.2, 0) is 6.42 Å². The van der Waals surface area contributed by atoms with Crippen molar-refractivity contribution in [1.29, 1.82) is 0 Å². The van der Waals surface area contributed by atoms with Gasteiger partial charge in [-0.3, -0.25) is 0 Å². The zero-order valence-electron chi connectivity index (χ0n) is 8.43. The Morgan fingerprint density at radius 1 is 1.27 bits per heavy atom. The van der Waals surface area contributed by atoms with E-state index in [9.17, 15) is 10.2 Å². The van der Waals surface area contributed by atoms with E-state index < -0.39 is 11.7 Å². The molecule has 3 aliphatic rings. The molecule has 0 aromatic heterocycles. The Labute approximate surface area is 88.9 Å². The predicted molar refractivity (Wildman–Crippen MR) is 57.6 cm³/mol. The van der Waals surface area contributed by atoms with E-state index in [1.807, 2.05) is 24.3 Å². The summed E-state index contributed by atoms with van der Waals surface area (Å²) < 4.78 is 0. The minimum Gasteiger partial charge on any atom is -0.390 e. The molecule has 0 radical (unpaired) electrons. The maximum Gasteiger partial charge on any atom is 0.113 e. The summed E-state index contributed by atoms with van der Waals surface area (Å²) >= 11 is 0. The van der Waals surface area contributed by atoms with Crippen molar-refractivity contribution in [2.24, 2.45) is 0 Å². The molecule has 4 rings (SSSR count). The summed E-state index contributed by atoms with van der Waals surface area (Å²) in [6.45, 7) is 0. The van der Waals surface area contributed by atoms with Crippen LogP contribution in [0.4, 0.5) is 0 Å². The van der Waals surface area contributed by atoms with Gasteiger partial charge in [0.15, 0.2) is 0 Å². The monoisotopic (exact) mass is 202 g/mol. The summed E-state index contributed by atoms with van der Waals surface area (Å²) in [7, 11) is 0. The molecule has 2 N–H and O–H groups in total. The van der Waals surface area contributed by atoms with Crippen molar-refractivity contribution in [3.05, 3.63) is 47.5 Å². The lowest BCUT2D eigenvalue weighted by molar-refractivity contribution is -0.0459. The summed E-state index contributed by atoms with van der Waals surface area (Å²) in [5.41, 5.74) is 1.36. The minimum atomic E-state index is -1.05. The molecule has 0 fully saturated rings. The number of benzene rings is 1. The van der Waals surface area contributed by atoms with Gasteiger partial charge in [-0.25, -0.2) is 0 Å². The Morgan fingerprint density at radius 3 is 2.87 bits per heavy atom. The van der Waals surface area contributed by atoms with E-state index in [4.69, 9.17) is 0 Å². The van der Waals surface area contributed by atoms with Gasteiger partial charge in [0, 0.05) is 12.3 Å². The van der Waals surface area contributed by atoms with Crippen molar-refractivity contribution in [2.75, 3.05) is 0 Å². The van der Waals surface area contributed by atoms with Gasteiger partial charge in [0.25, 0.3) is 0 Å². The highest BCUT2D eigenvalue weighted by Gasteiger charge is 2.41. The molecular weight excluding hydrogens is 188 g/mol. The van der Waals surface area contributed by atoms with E-state index in [1.54, 1.807) is 6.08 Å². The third-order valence-corrected chi connectivity index (χ3v) is 3.60. The maximum absolute atomic E-state index is 10.3. The lowest BCUT2D eigenvalue weighted by Gasteiger charge is -2.32. The van der Waals surface area contributed by atoms with Gasteiger partial charge < -0.3 is 10.2 Å². The van der Waals surface area contributed by atoms with Crippen LogP contribution in [0.2, 0.25) is 0 Å². The first-order valence-electron chi connectivity index (χ1n) is 5.37. The van der Waals surface area contributed by atoms with E-state index in [1.165, 1.54) is 5.56 Å². The first-order chi connectivity index (χ1) is 7.19. The number of aliphatic hydroxyl groups is 2. The zero-order valence-corrected chi connectivity index (χ0v) is 8.43. The van der Waals surface area contributed by atoms with Crippen LogP contribution in [-0.4, -0.2) is 21.9 Å². The highest BCUT2D eigenvalue weighted by atomic mass is 16.3. The number of hydrogen-bond donors (Lipinski definition) is 2. The molecular formula is C13H14O2. The van der Waals surface area contributed by atoms with Gasteiger partial charge in [0.1, 0.15) is 5.60 Å². The standard InChI is InChI=1S/C13H14O2/c14-12-7-9-5-6-13(12,15)8-10-3-1-2-4-11(9)10/h1-6,9,12,14-15H,7-8H2/t9-,12?,13+/m0/s1. The number of fused-ring (bicyclic) bond motifs is 1. The van der Waals surface area contributed by atoms with Gasteiger partial charge in [-0.15, -0.1) is 0 Å². The van der Waals surface area contributed by atoms with Crippen LogP contribution in [0.3, 0.4) is 0 Å². The van der Waals surface area contributed by atoms with E-state index in [0.29, 0.717) is 12.8 Å². The van der Waals surface area contributed by atoms with Gasteiger partial charge in [-0.1, -0.05) is 36.4 Å². The first-order valence-corrected chi connectivity index (χ1v) is 5.37. The Morgan fingerprint density at radius 2 is 2.07 bits per heavy atom. The van der Waals surface area contributed by atoms with Gasteiger partial charge >= 0.3 is 0 Å². The second kappa shape index (κ2) is 2.94. The average molecular weight is 202 g/mol. The average Bonchev–Trinajstić information content (AvgIpc) is 2.42. The normalized spacial score (nSPS) is 37.5. The van der Waals surface area contributed by atoms with Gasteiger partial charge in [-0.2, -0.15) is 0 Å². The van der Waals surface area contributed by atoms with Crippen LogP contribution in [0.5, 0.6) is 0 Å². The summed E-state index contributed by atoms with van der Waals surface area (Å²) in [4.78, 5) is 0. The number of allylic oxidation sites excluding steroid dienone is 1. The fourth-order valence-electron chi connectivity index (χ4n) is 2.69. The molecule has 0 aliphatic heterocycles. The van der Waals surface area contributed by atoms with E-state index >= 15 is 0 Å². The van der Waals surface area contributed by atoms with Crippen molar-refractivity contribution >= 4 is 0 Å². The molecule has 3 atom stereocenters. The van der Waals surface area contributed by atoms with Crippen LogP contribution >= 0.6 is 0 Å². The second-order valence-corrected chi connectivity index (χ2v) is 4.58. The van der Waals surface area contributed by atoms with Crippen molar-refractivity contribution in [3.8, 4) is 0 Å². The smallest absolute Gasteiger partial charge is 0.113 e. The molecule has 2 nitrogen and oxygen atoms in total. The van der Waals surface area contributed by atoms with Crippen molar-refractivity contribution in [3.63, 3.8) is 0 Å². The van der Waals surface area contributed by atoms with Crippen molar-refractivity contribution in [1.82, 2.24) is 0 Å². The number of rotatable bonds is 0. The lowest BCUT2D eigenvalue weighted by Crippen LogP contribution is -2.43. The predicted octanol–water partition coefficient (Wildman–Crippen LogP) is 1.38. The summed E-state index contributed by atoms with van der Waals surface area (Å²) in [5, 5.41) is 20.2. The topological polar surface area (TPSA) is 40.5 Å². The molecule has 0 heterocycles. The molecule has 1 unspecified atom stereocenters. The van der Waals surface area contributed by atoms with E-state index in [-0.39, 0.29) is 5.92 Å². The molecule has 2 bridgehead atoms. The lowest BCUT2D eigenvalue weighted by atomic mass is 9.83. The largest absolute Gasteiger partial charge is 0.390 e. The van der Waals surface area contributed by atoms with Crippen LogP contribution in [0.25, 0.3) is 0 Å².